The van der Waals surface area contributed by atoms with Gasteiger partial charge in [-0.25, -0.2) is 4.39 Å². The minimum Gasteiger partial charge on any atom is -0.344 e. The maximum atomic E-state index is 13.0. The first-order valence-corrected chi connectivity index (χ1v) is 6.20. The van der Waals surface area contributed by atoms with Gasteiger partial charge in [-0.05, 0) is 38.1 Å². The molecule has 1 atom stereocenters. The molecule has 1 aromatic carbocycles. The van der Waals surface area contributed by atoms with Gasteiger partial charge in [0.25, 0.3) is 5.91 Å². The average molecular weight is 261 g/mol. The number of nitrogens with one attached hydrogen (secondary N) is 1. The number of aromatic nitrogens is 2. The number of rotatable bonds is 4. The van der Waals surface area contributed by atoms with Crippen molar-refractivity contribution < 1.29 is 9.18 Å². The summed E-state index contributed by atoms with van der Waals surface area (Å²) in [6.45, 7) is 4.62. The van der Waals surface area contributed by atoms with Gasteiger partial charge in [-0.1, -0.05) is 6.07 Å². The van der Waals surface area contributed by atoms with Crippen LogP contribution >= 0.6 is 0 Å². The van der Waals surface area contributed by atoms with Crippen molar-refractivity contribution in [1.29, 1.82) is 0 Å². The summed E-state index contributed by atoms with van der Waals surface area (Å²) in [5.74, 6) is -0.728. The molecule has 1 N–H and O–H groups in total. The molecule has 0 aliphatic rings. The van der Waals surface area contributed by atoms with Gasteiger partial charge in [0.1, 0.15) is 5.82 Å². The highest BCUT2D eigenvalue weighted by Crippen LogP contribution is 2.11. The monoisotopic (exact) mass is 261 g/mol. The second kappa shape index (κ2) is 5.65. The highest BCUT2D eigenvalue weighted by Gasteiger charge is 2.13. The molecule has 0 saturated heterocycles. The van der Waals surface area contributed by atoms with Crippen LogP contribution in [-0.4, -0.2) is 15.7 Å². The predicted molar refractivity (Wildman–Crippen MR) is 70.2 cm³/mol. The Morgan fingerprint density at radius 2 is 2.26 bits per heavy atom. The Labute approximate surface area is 111 Å². The predicted octanol–water partition coefficient (Wildman–Crippen LogP) is 2.53. The molecule has 2 aromatic rings. The van der Waals surface area contributed by atoms with E-state index in [1.54, 1.807) is 10.7 Å². The molecular formula is C14H16FN3O. The van der Waals surface area contributed by atoms with Gasteiger partial charge < -0.3 is 5.32 Å². The van der Waals surface area contributed by atoms with Crippen molar-refractivity contribution in [3.63, 3.8) is 0 Å². The van der Waals surface area contributed by atoms with Gasteiger partial charge in [0.15, 0.2) is 0 Å². The fourth-order valence-electron chi connectivity index (χ4n) is 1.77. The zero-order valence-electron chi connectivity index (χ0n) is 10.9. The third-order valence-corrected chi connectivity index (χ3v) is 2.86. The smallest absolute Gasteiger partial charge is 0.251 e. The van der Waals surface area contributed by atoms with Crippen LogP contribution in [0.4, 0.5) is 4.39 Å². The molecule has 1 unspecified atom stereocenters. The lowest BCUT2D eigenvalue weighted by Crippen LogP contribution is -2.27. The van der Waals surface area contributed by atoms with Crippen molar-refractivity contribution in [3.05, 3.63) is 53.6 Å². The number of nitrogens with zero attached hydrogens (tertiary/aromatic N) is 2. The summed E-state index contributed by atoms with van der Waals surface area (Å²) in [6, 6.07) is 7.26. The lowest BCUT2D eigenvalue weighted by Gasteiger charge is -2.11. The summed E-state index contributed by atoms with van der Waals surface area (Å²) >= 11 is 0. The lowest BCUT2D eigenvalue weighted by molar-refractivity contribution is 0.0938. The van der Waals surface area contributed by atoms with Gasteiger partial charge in [0.05, 0.1) is 11.7 Å². The third kappa shape index (κ3) is 3.19. The van der Waals surface area contributed by atoms with E-state index in [0.717, 1.165) is 12.2 Å². The van der Waals surface area contributed by atoms with E-state index in [0.29, 0.717) is 5.56 Å². The molecule has 0 fully saturated rings. The number of hydrogen-bond donors (Lipinski definition) is 1. The standard InChI is InChI=1S/C14H16FN3O/c1-3-18-8-7-13(17-18)10(2)16-14(19)11-5-4-6-12(15)9-11/h4-10H,3H2,1-2H3,(H,16,19). The van der Waals surface area contributed by atoms with Crippen molar-refractivity contribution >= 4 is 5.91 Å². The normalized spacial score (nSPS) is 12.2. The zero-order chi connectivity index (χ0) is 13.8. The molecule has 4 nitrogen and oxygen atoms in total. The quantitative estimate of drug-likeness (QED) is 0.919. The summed E-state index contributed by atoms with van der Waals surface area (Å²) in [6.07, 6.45) is 1.86. The Hall–Kier alpha value is -2.17. The molecule has 0 spiro atoms. The number of carbonyl (C=O) groups excluding carboxylic acids is 1. The van der Waals surface area contributed by atoms with E-state index >= 15 is 0 Å². The minimum absolute atomic E-state index is 0.219. The van der Waals surface area contributed by atoms with Crippen LogP contribution < -0.4 is 5.32 Å². The van der Waals surface area contributed by atoms with Crippen LogP contribution in [0.25, 0.3) is 0 Å². The van der Waals surface area contributed by atoms with Crippen LogP contribution in [0.3, 0.4) is 0 Å². The SMILES string of the molecule is CCn1ccc(C(C)NC(=O)c2cccc(F)c2)n1. The summed E-state index contributed by atoms with van der Waals surface area (Å²) in [7, 11) is 0. The molecule has 0 saturated carbocycles. The first-order valence-electron chi connectivity index (χ1n) is 6.20. The van der Waals surface area contributed by atoms with E-state index in [9.17, 15) is 9.18 Å². The minimum atomic E-state index is -0.421. The number of hydrogen-bond acceptors (Lipinski definition) is 2. The van der Waals surface area contributed by atoms with Gasteiger partial charge in [0.2, 0.25) is 0 Å². The summed E-state index contributed by atoms with van der Waals surface area (Å²) < 4.78 is 14.8. The van der Waals surface area contributed by atoms with E-state index in [-0.39, 0.29) is 11.9 Å². The molecule has 1 heterocycles. The fourth-order valence-corrected chi connectivity index (χ4v) is 1.77. The molecule has 2 rings (SSSR count). The topological polar surface area (TPSA) is 46.9 Å². The van der Waals surface area contributed by atoms with Crippen molar-refractivity contribution in [3.8, 4) is 0 Å². The van der Waals surface area contributed by atoms with Gasteiger partial charge in [-0.2, -0.15) is 5.10 Å². The second-order valence-corrected chi connectivity index (χ2v) is 4.30. The number of benzene rings is 1. The maximum absolute atomic E-state index is 13.0. The first kappa shape index (κ1) is 13.3. The molecule has 1 aromatic heterocycles. The summed E-state index contributed by atoms with van der Waals surface area (Å²) in [5.41, 5.74) is 1.09. The Kier molecular flexibility index (Phi) is 3.94. The Morgan fingerprint density at radius 1 is 1.47 bits per heavy atom. The van der Waals surface area contributed by atoms with Crippen molar-refractivity contribution in [2.75, 3.05) is 0 Å². The molecule has 1 amide bonds. The first-order chi connectivity index (χ1) is 9.10. The van der Waals surface area contributed by atoms with Crippen molar-refractivity contribution in [1.82, 2.24) is 15.1 Å². The largest absolute Gasteiger partial charge is 0.344 e. The van der Waals surface area contributed by atoms with Crippen LogP contribution in [0.15, 0.2) is 36.5 Å². The lowest BCUT2D eigenvalue weighted by atomic mass is 10.2. The van der Waals surface area contributed by atoms with E-state index in [1.165, 1.54) is 18.2 Å². The number of carbonyl (C=O) groups is 1. The van der Waals surface area contributed by atoms with E-state index in [2.05, 4.69) is 10.4 Å². The number of halogens is 1. The summed E-state index contributed by atoms with van der Waals surface area (Å²) in [4.78, 5) is 11.9. The summed E-state index contributed by atoms with van der Waals surface area (Å²) in [5, 5.41) is 7.12. The van der Waals surface area contributed by atoms with E-state index < -0.39 is 5.82 Å². The van der Waals surface area contributed by atoms with Crippen LogP contribution in [0, 0.1) is 5.82 Å². The highest BCUT2D eigenvalue weighted by atomic mass is 19.1. The third-order valence-electron chi connectivity index (χ3n) is 2.86. The van der Waals surface area contributed by atoms with Crippen LogP contribution in [-0.2, 0) is 6.54 Å². The molecule has 0 bridgehead atoms. The fraction of sp³-hybridized carbons (Fsp3) is 0.286. The Morgan fingerprint density at radius 3 is 2.89 bits per heavy atom. The van der Waals surface area contributed by atoms with Gasteiger partial charge in [0, 0.05) is 18.3 Å². The van der Waals surface area contributed by atoms with Gasteiger partial charge in [-0.15, -0.1) is 0 Å². The van der Waals surface area contributed by atoms with Crippen LogP contribution in [0.2, 0.25) is 0 Å². The molecular weight excluding hydrogens is 245 g/mol. The van der Waals surface area contributed by atoms with Crippen molar-refractivity contribution in [2.24, 2.45) is 0 Å². The van der Waals surface area contributed by atoms with Crippen LogP contribution in [0.5, 0.6) is 0 Å². The van der Waals surface area contributed by atoms with E-state index in [4.69, 9.17) is 0 Å². The maximum Gasteiger partial charge on any atom is 0.251 e. The highest BCUT2D eigenvalue weighted by molar-refractivity contribution is 5.94. The van der Waals surface area contributed by atoms with Crippen molar-refractivity contribution in [2.45, 2.75) is 26.4 Å². The van der Waals surface area contributed by atoms with Gasteiger partial charge >= 0.3 is 0 Å². The average Bonchev–Trinajstić information content (AvgIpc) is 2.87. The molecule has 100 valence electrons. The molecule has 0 aliphatic carbocycles. The van der Waals surface area contributed by atoms with Gasteiger partial charge in [-0.3, -0.25) is 9.48 Å². The zero-order valence-corrected chi connectivity index (χ0v) is 10.9. The molecule has 19 heavy (non-hydrogen) atoms. The Balaban J connectivity index is 2.06. The molecule has 0 aliphatic heterocycles. The molecule has 5 heteroatoms. The van der Waals surface area contributed by atoms with Crippen LogP contribution in [0.1, 0.15) is 35.9 Å². The molecule has 0 radical (unpaired) electrons. The second-order valence-electron chi connectivity index (χ2n) is 4.30. The Bertz CT molecular complexity index is 580. The van der Waals surface area contributed by atoms with E-state index in [1.807, 2.05) is 26.1 Å². The number of amides is 1. The number of aryl methyl sites for hydroxylation is 1.